The molecule has 0 radical (unpaired) electrons. The van der Waals surface area contributed by atoms with Gasteiger partial charge >= 0.3 is 0 Å². The minimum Gasteiger partial charge on any atom is -0.459 e. The van der Waals surface area contributed by atoms with Crippen LogP contribution in [-0.2, 0) is 11.2 Å². The second-order valence-corrected chi connectivity index (χ2v) is 6.69. The molecule has 0 saturated heterocycles. The van der Waals surface area contributed by atoms with E-state index in [1.54, 1.807) is 23.9 Å². The number of hydrogen-bond acceptors (Lipinski definition) is 4. The van der Waals surface area contributed by atoms with E-state index in [1.165, 1.54) is 22.3 Å². The fourth-order valence-corrected chi connectivity index (χ4v) is 3.77. The molecule has 0 fully saturated rings. The van der Waals surface area contributed by atoms with Crippen LogP contribution in [0.1, 0.15) is 21.7 Å². The number of fused-ring (bicyclic) bond motifs is 1. The first kappa shape index (κ1) is 15.7. The Labute approximate surface area is 138 Å². The minimum atomic E-state index is -0.276. The zero-order valence-electron chi connectivity index (χ0n) is 12.8. The Kier molecular flexibility index (Phi) is 4.71. The second kappa shape index (κ2) is 6.91. The fourth-order valence-electron chi connectivity index (χ4n) is 2.45. The van der Waals surface area contributed by atoms with E-state index in [2.05, 4.69) is 35.8 Å². The van der Waals surface area contributed by atoms with E-state index in [-0.39, 0.29) is 22.8 Å². The Hall–Kier alpha value is -2.21. The smallest absolute Gasteiger partial charge is 0.287 e. The number of carbonyl (C=O) groups excluding carboxylic acids is 2. The predicted molar refractivity (Wildman–Crippen MR) is 88.6 cm³/mol. The van der Waals surface area contributed by atoms with Gasteiger partial charge in [-0.15, -0.1) is 11.8 Å². The van der Waals surface area contributed by atoms with Gasteiger partial charge in [-0.05, 0) is 37.1 Å². The molecule has 1 unspecified atom stereocenters. The SMILES string of the molecule is Cc1ccc2c(c1)SC(C(=O)NCCNC(=O)c1ccco1)C2. The topological polar surface area (TPSA) is 71.3 Å². The van der Waals surface area contributed by atoms with E-state index in [0.717, 1.165) is 6.42 Å². The second-order valence-electron chi connectivity index (χ2n) is 5.45. The van der Waals surface area contributed by atoms with Crippen molar-refractivity contribution in [3.05, 3.63) is 53.5 Å². The molecule has 0 saturated carbocycles. The van der Waals surface area contributed by atoms with Crippen LogP contribution in [0.4, 0.5) is 0 Å². The number of nitrogens with one attached hydrogen (secondary N) is 2. The maximum atomic E-state index is 12.2. The molecule has 1 aliphatic rings. The lowest BCUT2D eigenvalue weighted by Gasteiger charge is -2.10. The van der Waals surface area contributed by atoms with Gasteiger partial charge in [0.05, 0.1) is 11.5 Å². The van der Waals surface area contributed by atoms with Gasteiger partial charge in [0.25, 0.3) is 5.91 Å². The molecular weight excluding hydrogens is 312 g/mol. The van der Waals surface area contributed by atoms with Crippen molar-refractivity contribution in [3.8, 4) is 0 Å². The third-order valence-electron chi connectivity index (χ3n) is 3.64. The molecule has 1 aromatic heterocycles. The van der Waals surface area contributed by atoms with Gasteiger partial charge in [0.1, 0.15) is 0 Å². The highest BCUT2D eigenvalue weighted by Gasteiger charge is 2.27. The molecule has 1 aliphatic heterocycles. The molecule has 0 spiro atoms. The largest absolute Gasteiger partial charge is 0.459 e. The Morgan fingerprint density at radius 1 is 1.26 bits per heavy atom. The number of rotatable bonds is 5. The van der Waals surface area contributed by atoms with Crippen LogP contribution < -0.4 is 10.6 Å². The number of benzene rings is 1. The molecule has 1 atom stereocenters. The van der Waals surface area contributed by atoms with Crippen LogP contribution in [0, 0.1) is 6.92 Å². The molecule has 0 bridgehead atoms. The normalized spacial score (nSPS) is 16.0. The van der Waals surface area contributed by atoms with Crippen LogP contribution in [0.3, 0.4) is 0 Å². The van der Waals surface area contributed by atoms with Crippen LogP contribution in [0.25, 0.3) is 0 Å². The maximum Gasteiger partial charge on any atom is 0.287 e. The van der Waals surface area contributed by atoms with E-state index >= 15 is 0 Å². The summed E-state index contributed by atoms with van der Waals surface area (Å²) in [6.07, 6.45) is 2.21. The number of thioether (sulfide) groups is 1. The van der Waals surface area contributed by atoms with E-state index in [9.17, 15) is 9.59 Å². The van der Waals surface area contributed by atoms with Gasteiger partial charge in [-0.2, -0.15) is 0 Å². The van der Waals surface area contributed by atoms with Crippen molar-refractivity contribution in [2.45, 2.75) is 23.5 Å². The average molecular weight is 330 g/mol. The van der Waals surface area contributed by atoms with Gasteiger partial charge < -0.3 is 15.1 Å². The summed E-state index contributed by atoms with van der Waals surface area (Å²) < 4.78 is 5.00. The zero-order valence-corrected chi connectivity index (χ0v) is 13.6. The predicted octanol–water partition coefficient (Wildman–Crippen LogP) is 2.15. The first-order valence-electron chi connectivity index (χ1n) is 7.49. The summed E-state index contributed by atoms with van der Waals surface area (Å²) in [5.74, 6) is 0.00645. The molecule has 6 heteroatoms. The number of aryl methyl sites for hydroxylation is 1. The van der Waals surface area contributed by atoms with E-state index in [1.807, 2.05) is 0 Å². The van der Waals surface area contributed by atoms with Crippen LogP contribution in [-0.4, -0.2) is 30.2 Å². The average Bonchev–Trinajstić information content (AvgIpc) is 3.19. The van der Waals surface area contributed by atoms with Gasteiger partial charge in [-0.25, -0.2) is 0 Å². The summed E-state index contributed by atoms with van der Waals surface area (Å²) in [6.45, 7) is 2.82. The summed E-state index contributed by atoms with van der Waals surface area (Å²) in [4.78, 5) is 25.1. The molecule has 1 aromatic carbocycles. The fraction of sp³-hybridized carbons (Fsp3) is 0.294. The van der Waals surface area contributed by atoms with E-state index in [4.69, 9.17) is 4.42 Å². The third-order valence-corrected chi connectivity index (χ3v) is 4.94. The molecule has 0 aliphatic carbocycles. The van der Waals surface area contributed by atoms with E-state index in [0.29, 0.717) is 13.1 Å². The van der Waals surface area contributed by atoms with Crippen molar-refractivity contribution in [2.75, 3.05) is 13.1 Å². The van der Waals surface area contributed by atoms with Crippen molar-refractivity contribution in [1.82, 2.24) is 10.6 Å². The van der Waals surface area contributed by atoms with Crippen molar-refractivity contribution in [3.63, 3.8) is 0 Å². The maximum absolute atomic E-state index is 12.2. The van der Waals surface area contributed by atoms with Gasteiger partial charge in [0.15, 0.2) is 5.76 Å². The minimum absolute atomic E-state index is 0.0103. The van der Waals surface area contributed by atoms with Crippen molar-refractivity contribution < 1.29 is 14.0 Å². The van der Waals surface area contributed by atoms with Crippen LogP contribution in [0.15, 0.2) is 45.9 Å². The van der Waals surface area contributed by atoms with Crippen molar-refractivity contribution in [1.29, 1.82) is 0 Å². The van der Waals surface area contributed by atoms with Gasteiger partial charge in [-0.3, -0.25) is 9.59 Å². The van der Waals surface area contributed by atoms with E-state index < -0.39 is 0 Å². The summed E-state index contributed by atoms with van der Waals surface area (Å²) in [7, 11) is 0. The highest BCUT2D eigenvalue weighted by Crippen LogP contribution is 2.37. The van der Waals surface area contributed by atoms with Gasteiger partial charge in [0, 0.05) is 18.0 Å². The summed E-state index contributed by atoms with van der Waals surface area (Å²) >= 11 is 1.61. The first-order valence-corrected chi connectivity index (χ1v) is 8.37. The number of hydrogen-bond donors (Lipinski definition) is 2. The molecular formula is C17H18N2O3S. The summed E-state index contributed by atoms with van der Waals surface area (Å²) in [6, 6.07) is 9.55. The standard InChI is InChI=1S/C17H18N2O3S/c1-11-4-5-12-10-15(23-14(12)9-11)17(21)19-7-6-18-16(20)13-3-2-8-22-13/h2-5,8-9,15H,6-7,10H2,1H3,(H,18,20)(H,19,21). The molecule has 2 N–H and O–H groups in total. The highest BCUT2D eigenvalue weighted by molar-refractivity contribution is 8.01. The third kappa shape index (κ3) is 3.76. The molecule has 2 aromatic rings. The summed E-state index contributed by atoms with van der Waals surface area (Å²) in [5, 5.41) is 5.48. The quantitative estimate of drug-likeness (QED) is 0.824. The highest BCUT2D eigenvalue weighted by atomic mass is 32.2. The van der Waals surface area contributed by atoms with Crippen molar-refractivity contribution in [2.24, 2.45) is 0 Å². The number of furan rings is 1. The Morgan fingerprint density at radius 2 is 2.09 bits per heavy atom. The zero-order chi connectivity index (χ0) is 16.2. The van der Waals surface area contributed by atoms with Gasteiger partial charge in [0.2, 0.25) is 5.91 Å². The Balaban J connectivity index is 1.42. The number of amides is 2. The van der Waals surface area contributed by atoms with Gasteiger partial charge in [-0.1, -0.05) is 17.7 Å². The lowest BCUT2D eigenvalue weighted by atomic mass is 10.1. The molecule has 23 heavy (non-hydrogen) atoms. The van der Waals surface area contributed by atoms with Crippen LogP contribution in [0.5, 0.6) is 0 Å². The molecule has 5 nitrogen and oxygen atoms in total. The Morgan fingerprint density at radius 3 is 2.87 bits per heavy atom. The molecule has 2 heterocycles. The molecule has 3 rings (SSSR count). The monoisotopic (exact) mass is 330 g/mol. The van der Waals surface area contributed by atoms with Crippen LogP contribution in [0.2, 0.25) is 0 Å². The molecule has 2 amide bonds. The Bertz CT molecular complexity index is 713. The summed E-state index contributed by atoms with van der Waals surface area (Å²) in [5.41, 5.74) is 2.44. The molecule has 120 valence electrons. The van der Waals surface area contributed by atoms with Crippen molar-refractivity contribution >= 4 is 23.6 Å². The lowest BCUT2D eigenvalue weighted by molar-refractivity contribution is -0.120. The lowest BCUT2D eigenvalue weighted by Crippen LogP contribution is -2.38. The number of carbonyl (C=O) groups is 2. The van der Waals surface area contributed by atoms with Crippen LogP contribution >= 0.6 is 11.8 Å². The first-order chi connectivity index (χ1) is 11.1.